The second-order valence-corrected chi connectivity index (χ2v) is 3.82. The first-order valence-corrected chi connectivity index (χ1v) is 5.47. The van der Waals surface area contributed by atoms with Crippen LogP contribution in [0.2, 0.25) is 0 Å². The molecule has 0 aromatic rings. The Balaban J connectivity index is 2.41. The van der Waals surface area contributed by atoms with Crippen molar-refractivity contribution in [3.63, 3.8) is 0 Å². The van der Waals surface area contributed by atoms with Crippen molar-refractivity contribution in [1.82, 2.24) is 0 Å². The van der Waals surface area contributed by atoms with E-state index in [0.717, 1.165) is 25.7 Å². The molecule has 0 bridgehead atoms. The second-order valence-electron chi connectivity index (χ2n) is 3.82. The Bertz CT molecular complexity index is 196. The van der Waals surface area contributed by atoms with Gasteiger partial charge in [-0.05, 0) is 38.5 Å². The second kappa shape index (κ2) is 6.80. The molecule has 2 unspecified atom stereocenters. The van der Waals surface area contributed by atoms with Crippen molar-refractivity contribution >= 4 is 0 Å². The molecular weight excluding hydrogens is 176 g/mol. The quantitative estimate of drug-likeness (QED) is 0.583. The standard InChI is InChI=1S/C12H20O2/c13-11-9-7-5-3-1-2-4-6-8-10-12(11)14/h1,3,6,8,11-14H,2,4-5,7,9-10H2. The van der Waals surface area contributed by atoms with Crippen LogP contribution in [0.4, 0.5) is 0 Å². The van der Waals surface area contributed by atoms with Gasteiger partial charge in [0.1, 0.15) is 0 Å². The fourth-order valence-corrected chi connectivity index (χ4v) is 1.58. The molecule has 1 aliphatic carbocycles. The molecular formula is C12H20O2. The van der Waals surface area contributed by atoms with Gasteiger partial charge in [0.25, 0.3) is 0 Å². The summed E-state index contributed by atoms with van der Waals surface area (Å²) in [6, 6.07) is 0. The zero-order chi connectivity index (χ0) is 10.2. The number of rotatable bonds is 0. The summed E-state index contributed by atoms with van der Waals surface area (Å²) in [4.78, 5) is 0. The fraction of sp³-hybridized carbons (Fsp3) is 0.667. The first-order chi connectivity index (χ1) is 6.80. The molecule has 2 nitrogen and oxygen atoms in total. The smallest absolute Gasteiger partial charge is 0.0833 e. The maximum Gasteiger partial charge on any atom is 0.0833 e. The highest BCUT2D eigenvalue weighted by molar-refractivity contribution is 4.91. The predicted octanol–water partition coefficient (Wildman–Crippen LogP) is 2.17. The summed E-state index contributed by atoms with van der Waals surface area (Å²) in [5.74, 6) is 0. The number of aliphatic hydroxyl groups is 2. The van der Waals surface area contributed by atoms with Gasteiger partial charge in [0.2, 0.25) is 0 Å². The summed E-state index contributed by atoms with van der Waals surface area (Å²) in [5.41, 5.74) is 0. The molecule has 2 heteroatoms. The van der Waals surface area contributed by atoms with Crippen molar-refractivity contribution in [3.05, 3.63) is 24.3 Å². The highest BCUT2D eigenvalue weighted by Crippen LogP contribution is 2.10. The van der Waals surface area contributed by atoms with E-state index < -0.39 is 12.2 Å². The fourth-order valence-electron chi connectivity index (χ4n) is 1.58. The van der Waals surface area contributed by atoms with Gasteiger partial charge < -0.3 is 10.2 Å². The van der Waals surface area contributed by atoms with Crippen LogP contribution in [0.5, 0.6) is 0 Å². The number of hydrogen-bond acceptors (Lipinski definition) is 2. The van der Waals surface area contributed by atoms with E-state index in [9.17, 15) is 10.2 Å². The zero-order valence-electron chi connectivity index (χ0n) is 8.60. The van der Waals surface area contributed by atoms with Gasteiger partial charge in [-0.15, -0.1) is 0 Å². The molecule has 0 heterocycles. The minimum atomic E-state index is -0.588. The minimum Gasteiger partial charge on any atom is -0.390 e. The Kier molecular flexibility index (Phi) is 5.57. The Morgan fingerprint density at radius 1 is 0.786 bits per heavy atom. The molecule has 0 aromatic carbocycles. The van der Waals surface area contributed by atoms with Crippen LogP contribution in [0.1, 0.15) is 38.5 Å². The Morgan fingerprint density at radius 3 is 2.21 bits per heavy atom. The monoisotopic (exact) mass is 196 g/mol. The lowest BCUT2D eigenvalue weighted by Gasteiger charge is -2.15. The van der Waals surface area contributed by atoms with E-state index in [-0.39, 0.29) is 0 Å². The largest absolute Gasteiger partial charge is 0.390 e. The van der Waals surface area contributed by atoms with Gasteiger partial charge in [-0.25, -0.2) is 0 Å². The summed E-state index contributed by atoms with van der Waals surface area (Å²) >= 11 is 0. The Hall–Kier alpha value is -0.600. The van der Waals surface area contributed by atoms with Crippen LogP contribution in [-0.2, 0) is 0 Å². The molecule has 0 saturated carbocycles. The highest BCUT2D eigenvalue weighted by atomic mass is 16.3. The lowest BCUT2D eigenvalue weighted by Crippen LogP contribution is -2.25. The van der Waals surface area contributed by atoms with E-state index in [1.807, 2.05) is 6.08 Å². The normalized spacial score (nSPS) is 30.7. The van der Waals surface area contributed by atoms with Crippen LogP contribution in [0.3, 0.4) is 0 Å². The molecule has 0 aliphatic heterocycles. The van der Waals surface area contributed by atoms with Crippen molar-refractivity contribution in [2.45, 2.75) is 50.7 Å². The molecule has 0 fully saturated rings. The molecule has 0 radical (unpaired) electrons. The van der Waals surface area contributed by atoms with Crippen LogP contribution in [0.15, 0.2) is 24.3 Å². The van der Waals surface area contributed by atoms with Crippen molar-refractivity contribution in [3.8, 4) is 0 Å². The van der Waals surface area contributed by atoms with Crippen LogP contribution < -0.4 is 0 Å². The van der Waals surface area contributed by atoms with Crippen LogP contribution in [0, 0.1) is 0 Å². The van der Waals surface area contributed by atoms with Gasteiger partial charge >= 0.3 is 0 Å². The van der Waals surface area contributed by atoms with E-state index in [2.05, 4.69) is 18.2 Å². The molecule has 2 N–H and O–H groups in total. The molecule has 1 aliphatic rings. The summed E-state index contributed by atoms with van der Waals surface area (Å²) in [7, 11) is 0. The summed E-state index contributed by atoms with van der Waals surface area (Å²) < 4.78 is 0. The van der Waals surface area contributed by atoms with E-state index in [1.165, 1.54) is 0 Å². The molecule has 2 atom stereocenters. The van der Waals surface area contributed by atoms with E-state index in [4.69, 9.17) is 0 Å². The Labute approximate surface area is 86.0 Å². The highest BCUT2D eigenvalue weighted by Gasteiger charge is 2.13. The van der Waals surface area contributed by atoms with Crippen molar-refractivity contribution in [2.75, 3.05) is 0 Å². The van der Waals surface area contributed by atoms with Gasteiger partial charge in [0.05, 0.1) is 12.2 Å². The van der Waals surface area contributed by atoms with E-state index >= 15 is 0 Å². The van der Waals surface area contributed by atoms with E-state index in [1.54, 1.807) is 0 Å². The topological polar surface area (TPSA) is 40.5 Å². The van der Waals surface area contributed by atoms with Crippen molar-refractivity contribution in [2.24, 2.45) is 0 Å². The van der Waals surface area contributed by atoms with Gasteiger partial charge in [0, 0.05) is 0 Å². The average molecular weight is 196 g/mol. The van der Waals surface area contributed by atoms with Crippen molar-refractivity contribution in [1.29, 1.82) is 0 Å². The van der Waals surface area contributed by atoms with Crippen molar-refractivity contribution < 1.29 is 10.2 Å². The molecule has 0 amide bonds. The third-order valence-corrected chi connectivity index (χ3v) is 2.53. The third-order valence-electron chi connectivity index (χ3n) is 2.53. The maximum atomic E-state index is 9.55. The lowest BCUT2D eigenvalue weighted by atomic mass is 10.0. The minimum absolute atomic E-state index is 0.563. The first kappa shape index (κ1) is 11.5. The SMILES string of the molecule is OC1CC=CCCC=CCCCC1O. The Morgan fingerprint density at radius 2 is 1.43 bits per heavy atom. The first-order valence-electron chi connectivity index (χ1n) is 5.47. The van der Waals surface area contributed by atoms with Crippen LogP contribution >= 0.6 is 0 Å². The molecule has 0 spiro atoms. The van der Waals surface area contributed by atoms with E-state index in [0.29, 0.717) is 12.8 Å². The predicted molar refractivity (Wildman–Crippen MR) is 58.0 cm³/mol. The van der Waals surface area contributed by atoms with Gasteiger partial charge in [-0.1, -0.05) is 24.3 Å². The summed E-state index contributed by atoms with van der Waals surface area (Å²) in [5, 5.41) is 19.1. The number of aliphatic hydroxyl groups excluding tert-OH is 2. The number of hydrogen-bond donors (Lipinski definition) is 2. The van der Waals surface area contributed by atoms with Gasteiger partial charge in [-0.2, -0.15) is 0 Å². The molecule has 0 aromatic heterocycles. The molecule has 80 valence electrons. The molecule has 0 saturated heterocycles. The van der Waals surface area contributed by atoms with Crippen LogP contribution in [-0.4, -0.2) is 22.4 Å². The maximum absolute atomic E-state index is 9.55. The third kappa shape index (κ3) is 4.58. The summed E-state index contributed by atoms with van der Waals surface area (Å²) in [6.45, 7) is 0. The molecule has 1 rings (SSSR count). The van der Waals surface area contributed by atoms with Gasteiger partial charge in [0.15, 0.2) is 0 Å². The zero-order valence-corrected chi connectivity index (χ0v) is 8.60. The lowest BCUT2D eigenvalue weighted by molar-refractivity contribution is 0.0157. The average Bonchev–Trinajstić information content (AvgIpc) is 2.18. The summed E-state index contributed by atoms with van der Waals surface area (Å²) in [6.07, 6.45) is 12.6. The van der Waals surface area contributed by atoms with Crippen LogP contribution in [0.25, 0.3) is 0 Å². The number of allylic oxidation sites excluding steroid dienone is 3. The molecule has 14 heavy (non-hydrogen) atoms. The van der Waals surface area contributed by atoms with Gasteiger partial charge in [-0.3, -0.25) is 0 Å².